The highest BCUT2D eigenvalue weighted by Gasteiger charge is 2.38. The smallest absolute Gasteiger partial charge is 0.336 e. The number of aromatic amines is 2. The second-order valence-electron chi connectivity index (χ2n) is 8.09. The van der Waals surface area contributed by atoms with Crippen LogP contribution in [-0.2, 0) is 9.53 Å². The molecule has 3 N–H and O–H groups in total. The minimum atomic E-state index is -0.835. The third kappa shape index (κ3) is 3.97. The molecule has 0 spiro atoms. The van der Waals surface area contributed by atoms with Crippen molar-refractivity contribution in [2.45, 2.75) is 19.8 Å². The Kier molecular flexibility index (Phi) is 5.66. The molecule has 0 amide bonds. The number of H-pyrrole nitrogens is 2. The molecule has 0 saturated carbocycles. The monoisotopic (exact) mass is 469 g/mol. The number of hydrogen-bond donors (Lipinski definition) is 3. The van der Waals surface area contributed by atoms with E-state index < -0.39 is 23.1 Å². The number of rotatable bonds is 5. The Morgan fingerprint density at radius 3 is 2.40 bits per heavy atom. The number of carbonyl (C=O) groups is 1. The number of nitrogens with zero attached hydrogens (tertiary/aromatic N) is 2. The van der Waals surface area contributed by atoms with Gasteiger partial charge in [0, 0.05) is 23.0 Å². The van der Waals surface area contributed by atoms with Gasteiger partial charge in [0.15, 0.2) is 0 Å². The molecule has 4 aromatic rings. The lowest BCUT2D eigenvalue weighted by atomic mass is 9.81. The number of carbonyl (C=O) groups excluding carboxylic acids is 1. The van der Waals surface area contributed by atoms with E-state index in [9.17, 15) is 14.4 Å². The normalized spacial score (nSPS) is 14.9. The highest BCUT2D eigenvalue weighted by atomic mass is 16.5. The highest BCUT2D eigenvalue weighted by molar-refractivity contribution is 5.95. The molecule has 0 radical (unpaired) electrons. The van der Waals surface area contributed by atoms with Crippen molar-refractivity contribution in [1.82, 2.24) is 19.7 Å². The second kappa shape index (κ2) is 8.94. The standard InChI is InChI=1S/C26H23N5O4/c1-3-35-25(33)19-15(2)27-23-21(24(32)29-26(34)28-23)20(19)18-14-31(17-12-8-5-9-13-17)30-22(18)16-10-6-4-7-11-16/h4-14,20H,3H2,1-2H3,(H3,27,28,29,32,34). The number of nitrogens with one attached hydrogen (secondary N) is 3. The van der Waals surface area contributed by atoms with E-state index in [-0.39, 0.29) is 23.6 Å². The predicted octanol–water partition coefficient (Wildman–Crippen LogP) is 3.31. The summed E-state index contributed by atoms with van der Waals surface area (Å²) in [5, 5.41) is 7.85. The molecule has 3 heterocycles. The van der Waals surface area contributed by atoms with Crippen LogP contribution in [0.15, 0.2) is 87.7 Å². The van der Waals surface area contributed by atoms with Gasteiger partial charge >= 0.3 is 11.7 Å². The number of anilines is 1. The highest BCUT2D eigenvalue weighted by Crippen LogP contribution is 2.42. The van der Waals surface area contributed by atoms with Gasteiger partial charge in [-0.1, -0.05) is 48.5 Å². The Balaban J connectivity index is 1.83. The van der Waals surface area contributed by atoms with Gasteiger partial charge in [-0.2, -0.15) is 5.10 Å². The summed E-state index contributed by atoms with van der Waals surface area (Å²) in [6.07, 6.45) is 1.81. The number of aromatic nitrogens is 4. The number of allylic oxidation sites excluding steroid dienone is 1. The van der Waals surface area contributed by atoms with Crippen LogP contribution >= 0.6 is 0 Å². The molecule has 0 saturated heterocycles. The lowest BCUT2D eigenvalue weighted by Gasteiger charge is -2.28. The molecule has 176 valence electrons. The quantitative estimate of drug-likeness (QED) is 0.386. The van der Waals surface area contributed by atoms with Crippen LogP contribution in [0.1, 0.15) is 30.9 Å². The van der Waals surface area contributed by atoms with Gasteiger partial charge in [-0.15, -0.1) is 0 Å². The van der Waals surface area contributed by atoms with Crippen LogP contribution in [0.4, 0.5) is 5.82 Å². The molecule has 1 atom stereocenters. The maximum Gasteiger partial charge on any atom is 0.336 e. The summed E-state index contributed by atoms with van der Waals surface area (Å²) >= 11 is 0. The van der Waals surface area contributed by atoms with Crippen LogP contribution in [-0.4, -0.2) is 32.3 Å². The van der Waals surface area contributed by atoms with Gasteiger partial charge in [-0.05, 0) is 26.0 Å². The van der Waals surface area contributed by atoms with Crippen molar-refractivity contribution in [3.05, 3.63) is 110 Å². The van der Waals surface area contributed by atoms with Gasteiger partial charge in [0.1, 0.15) is 5.82 Å². The zero-order valence-electron chi connectivity index (χ0n) is 19.2. The molecule has 1 aliphatic rings. The number of para-hydroxylation sites is 1. The topological polar surface area (TPSA) is 122 Å². The van der Waals surface area contributed by atoms with Crippen LogP contribution in [0.3, 0.4) is 0 Å². The summed E-state index contributed by atoms with van der Waals surface area (Å²) in [4.78, 5) is 43.3. The van der Waals surface area contributed by atoms with Crippen molar-refractivity contribution in [2.75, 3.05) is 11.9 Å². The molecule has 0 aliphatic carbocycles. The van der Waals surface area contributed by atoms with Crippen LogP contribution < -0.4 is 16.6 Å². The zero-order valence-corrected chi connectivity index (χ0v) is 19.2. The average Bonchev–Trinajstić information content (AvgIpc) is 3.29. The fraction of sp³-hybridized carbons (Fsp3) is 0.154. The van der Waals surface area contributed by atoms with E-state index in [1.807, 2.05) is 66.9 Å². The third-order valence-electron chi connectivity index (χ3n) is 5.89. The summed E-state index contributed by atoms with van der Waals surface area (Å²) in [5.41, 5.74) is 2.60. The summed E-state index contributed by atoms with van der Waals surface area (Å²) in [5.74, 6) is -1.15. The number of benzene rings is 2. The van der Waals surface area contributed by atoms with E-state index in [0.717, 1.165) is 11.3 Å². The minimum absolute atomic E-state index is 0.173. The first-order valence-electron chi connectivity index (χ1n) is 11.2. The number of esters is 1. The Morgan fingerprint density at radius 1 is 1.03 bits per heavy atom. The maximum absolute atomic E-state index is 13.2. The summed E-state index contributed by atoms with van der Waals surface area (Å²) in [7, 11) is 0. The Morgan fingerprint density at radius 2 is 1.71 bits per heavy atom. The van der Waals surface area contributed by atoms with E-state index in [2.05, 4.69) is 15.3 Å². The van der Waals surface area contributed by atoms with Crippen molar-refractivity contribution >= 4 is 11.8 Å². The van der Waals surface area contributed by atoms with Crippen molar-refractivity contribution in [3.63, 3.8) is 0 Å². The molecule has 9 nitrogen and oxygen atoms in total. The van der Waals surface area contributed by atoms with E-state index >= 15 is 0 Å². The Labute approximate surface area is 200 Å². The van der Waals surface area contributed by atoms with Crippen LogP contribution in [0.5, 0.6) is 0 Å². The van der Waals surface area contributed by atoms with E-state index in [0.29, 0.717) is 17.0 Å². The zero-order chi connectivity index (χ0) is 24.5. The molecule has 5 rings (SSSR count). The molecule has 2 aromatic carbocycles. The van der Waals surface area contributed by atoms with Gasteiger partial charge in [-0.3, -0.25) is 14.8 Å². The molecule has 9 heteroatoms. The lowest BCUT2D eigenvalue weighted by Crippen LogP contribution is -2.35. The molecule has 0 bridgehead atoms. The number of hydrogen-bond acceptors (Lipinski definition) is 6. The molecule has 1 unspecified atom stereocenters. The summed E-state index contributed by atoms with van der Waals surface area (Å²) in [6, 6.07) is 19.1. The van der Waals surface area contributed by atoms with Crippen molar-refractivity contribution in [1.29, 1.82) is 0 Å². The molecule has 1 aliphatic heterocycles. The van der Waals surface area contributed by atoms with Crippen molar-refractivity contribution in [3.8, 4) is 16.9 Å². The first-order valence-corrected chi connectivity index (χ1v) is 11.2. The Bertz CT molecular complexity index is 1550. The van der Waals surface area contributed by atoms with E-state index in [1.54, 1.807) is 18.5 Å². The second-order valence-corrected chi connectivity index (χ2v) is 8.09. The fourth-order valence-electron chi connectivity index (χ4n) is 4.41. The van der Waals surface area contributed by atoms with Gasteiger partial charge in [0.25, 0.3) is 5.56 Å². The van der Waals surface area contributed by atoms with Gasteiger partial charge in [-0.25, -0.2) is 14.3 Å². The molecule has 0 fully saturated rings. The van der Waals surface area contributed by atoms with Gasteiger partial charge < -0.3 is 10.1 Å². The first kappa shape index (κ1) is 22.1. The summed E-state index contributed by atoms with van der Waals surface area (Å²) in [6.45, 7) is 3.61. The van der Waals surface area contributed by atoms with Gasteiger partial charge in [0.05, 0.1) is 35.0 Å². The van der Waals surface area contributed by atoms with E-state index in [4.69, 9.17) is 9.84 Å². The third-order valence-corrected chi connectivity index (χ3v) is 5.89. The van der Waals surface area contributed by atoms with Gasteiger partial charge in [0.2, 0.25) is 0 Å². The molecular formula is C26H23N5O4. The molecule has 2 aromatic heterocycles. The van der Waals surface area contributed by atoms with Crippen molar-refractivity contribution in [2.24, 2.45) is 0 Å². The SMILES string of the molecule is CCOC(=O)C1=C(C)Nc2[nH]c(=O)[nH]c(=O)c2C1c1cn(-c2ccccc2)nc1-c1ccccc1. The first-order chi connectivity index (χ1) is 17.0. The van der Waals surface area contributed by atoms with Crippen LogP contribution in [0, 0.1) is 0 Å². The Hall–Kier alpha value is -4.66. The van der Waals surface area contributed by atoms with Crippen LogP contribution in [0.2, 0.25) is 0 Å². The summed E-state index contributed by atoms with van der Waals surface area (Å²) < 4.78 is 7.09. The molecular weight excluding hydrogens is 446 g/mol. The molecule has 35 heavy (non-hydrogen) atoms. The van der Waals surface area contributed by atoms with E-state index in [1.165, 1.54) is 0 Å². The number of ether oxygens (including phenoxy) is 1. The lowest BCUT2D eigenvalue weighted by molar-refractivity contribution is -0.138. The van der Waals surface area contributed by atoms with Crippen molar-refractivity contribution < 1.29 is 9.53 Å². The predicted molar refractivity (Wildman–Crippen MR) is 131 cm³/mol. The average molecular weight is 470 g/mol. The van der Waals surface area contributed by atoms with Crippen LogP contribution in [0.25, 0.3) is 16.9 Å². The fourth-order valence-corrected chi connectivity index (χ4v) is 4.41. The maximum atomic E-state index is 13.2. The largest absolute Gasteiger partial charge is 0.463 e. The minimum Gasteiger partial charge on any atom is -0.463 e. The number of fused-ring (bicyclic) bond motifs is 1.